The minimum atomic E-state index is -3.79. The molecular formula is C23H24N2O6S. The van der Waals surface area contributed by atoms with E-state index in [0.717, 1.165) is 0 Å². The number of sulfonamides is 1. The molecule has 3 aromatic rings. The van der Waals surface area contributed by atoms with E-state index in [1.807, 2.05) is 0 Å². The van der Waals surface area contributed by atoms with E-state index in [-0.39, 0.29) is 17.4 Å². The smallest absolute Gasteiger partial charge is 0.264 e. The van der Waals surface area contributed by atoms with E-state index in [2.05, 4.69) is 4.72 Å². The van der Waals surface area contributed by atoms with Crippen LogP contribution in [-0.2, 0) is 14.8 Å². The van der Waals surface area contributed by atoms with E-state index >= 15 is 0 Å². The number of hydrogen-bond donors (Lipinski definition) is 1. The summed E-state index contributed by atoms with van der Waals surface area (Å²) in [6, 6.07) is 19.5. The van der Waals surface area contributed by atoms with Crippen molar-refractivity contribution in [2.75, 3.05) is 37.5 Å². The Balaban J connectivity index is 1.61. The van der Waals surface area contributed by atoms with Crippen molar-refractivity contribution in [3.63, 3.8) is 0 Å². The van der Waals surface area contributed by atoms with Gasteiger partial charge in [0.15, 0.2) is 6.61 Å². The lowest BCUT2D eigenvalue weighted by molar-refractivity contribution is -0.120. The summed E-state index contributed by atoms with van der Waals surface area (Å²) in [5.41, 5.74) is 1.05. The van der Waals surface area contributed by atoms with Crippen molar-refractivity contribution < 1.29 is 27.4 Å². The molecule has 0 fully saturated rings. The van der Waals surface area contributed by atoms with Gasteiger partial charge < -0.3 is 19.1 Å². The number of carbonyl (C=O) groups excluding carboxylic acids is 1. The van der Waals surface area contributed by atoms with Crippen molar-refractivity contribution >= 4 is 27.3 Å². The van der Waals surface area contributed by atoms with E-state index in [1.165, 1.54) is 36.3 Å². The van der Waals surface area contributed by atoms with Crippen LogP contribution >= 0.6 is 0 Å². The van der Waals surface area contributed by atoms with Gasteiger partial charge in [-0.3, -0.25) is 9.52 Å². The number of nitrogens with one attached hydrogen (secondary N) is 1. The standard InChI is InChI=1S/C23H24N2O6S/c1-25(18-7-5-9-21(15-18)30-3)23(26)16-31-19-10-12-22(13-11-19)32(27,28)24-17-6-4-8-20(14-17)29-2/h4-15,24H,16H2,1-3H3. The molecule has 0 spiro atoms. The largest absolute Gasteiger partial charge is 0.497 e. The van der Waals surface area contributed by atoms with Gasteiger partial charge in [0, 0.05) is 24.9 Å². The number of carbonyl (C=O) groups is 1. The quantitative estimate of drug-likeness (QED) is 0.529. The Morgan fingerprint density at radius 3 is 2.16 bits per heavy atom. The summed E-state index contributed by atoms with van der Waals surface area (Å²) in [4.78, 5) is 14.0. The van der Waals surface area contributed by atoms with Gasteiger partial charge in [0.05, 0.1) is 24.8 Å². The molecule has 0 atom stereocenters. The summed E-state index contributed by atoms with van der Waals surface area (Å²) in [7, 11) is 0.910. The number of benzene rings is 3. The van der Waals surface area contributed by atoms with Gasteiger partial charge in [-0.15, -0.1) is 0 Å². The Morgan fingerprint density at radius 1 is 0.875 bits per heavy atom. The molecule has 0 aliphatic heterocycles. The van der Waals surface area contributed by atoms with Crippen molar-refractivity contribution in [1.29, 1.82) is 0 Å². The second kappa shape index (κ2) is 10.1. The predicted octanol–water partition coefficient (Wildman–Crippen LogP) is 3.55. The average molecular weight is 457 g/mol. The van der Waals surface area contributed by atoms with Crippen LogP contribution in [0.3, 0.4) is 0 Å². The second-order valence-corrected chi connectivity index (χ2v) is 8.43. The maximum atomic E-state index is 12.6. The third-order valence-electron chi connectivity index (χ3n) is 4.63. The Hall–Kier alpha value is -3.72. The minimum absolute atomic E-state index is 0.0625. The number of likely N-dealkylation sites (N-methyl/N-ethyl adjacent to an activating group) is 1. The Kier molecular flexibility index (Phi) is 7.21. The van der Waals surface area contributed by atoms with E-state index < -0.39 is 10.0 Å². The van der Waals surface area contributed by atoms with Crippen LogP contribution in [0.25, 0.3) is 0 Å². The van der Waals surface area contributed by atoms with E-state index in [1.54, 1.807) is 62.7 Å². The van der Waals surface area contributed by atoms with Gasteiger partial charge in [-0.2, -0.15) is 0 Å². The highest BCUT2D eigenvalue weighted by molar-refractivity contribution is 7.92. The van der Waals surface area contributed by atoms with Gasteiger partial charge in [-0.25, -0.2) is 8.42 Å². The summed E-state index contributed by atoms with van der Waals surface area (Å²) in [6.07, 6.45) is 0. The zero-order valence-electron chi connectivity index (χ0n) is 17.9. The highest BCUT2D eigenvalue weighted by Gasteiger charge is 2.16. The molecule has 168 valence electrons. The van der Waals surface area contributed by atoms with Gasteiger partial charge in [0.1, 0.15) is 17.2 Å². The van der Waals surface area contributed by atoms with E-state index in [4.69, 9.17) is 14.2 Å². The molecule has 3 rings (SSSR count). The summed E-state index contributed by atoms with van der Waals surface area (Å²) >= 11 is 0. The van der Waals surface area contributed by atoms with E-state index in [9.17, 15) is 13.2 Å². The molecule has 0 aromatic heterocycles. The zero-order valence-corrected chi connectivity index (χ0v) is 18.8. The van der Waals surface area contributed by atoms with Crippen LogP contribution < -0.4 is 23.8 Å². The molecule has 0 heterocycles. The first kappa shape index (κ1) is 23.0. The molecule has 3 aromatic carbocycles. The summed E-state index contributed by atoms with van der Waals surface area (Å²) in [6.45, 7) is -0.206. The molecule has 0 aliphatic carbocycles. The minimum Gasteiger partial charge on any atom is -0.497 e. The molecule has 0 aliphatic rings. The van der Waals surface area contributed by atoms with Gasteiger partial charge in [0.25, 0.3) is 15.9 Å². The molecule has 0 unspecified atom stereocenters. The normalized spacial score (nSPS) is 10.8. The fourth-order valence-corrected chi connectivity index (χ4v) is 3.87. The number of hydrogen-bond acceptors (Lipinski definition) is 6. The molecule has 8 nitrogen and oxygen atoms in total. The van der Waals surface area contributed by atoms with Gasteiger partial charge in [-0.05, 0) is 48.5 Å². The molecule has 0 radical (unpaired) electrons. The Labute approximate surface area is 187 Å². The molecule has 0 saturated carbocycles. The van der Waals surface area contributed by atoms with Gasteiger partial charge in [-0.1, -0.05) is 12.1 Å². The van der Waals surface area contributed by atoms with Crippen molar-refractivity contribution in [2.45, 2.75) is 4.90 Å². The highest BCUT2D eigenvalue weighted by atomic mass is 32.2. The van der Waals surface area contributed by atoms with Crippen LogP contribution in [0.2, 0.25) is 0 Å². The van der Waals surface area contributed by atoms with Crippen molar-refractivity contribution in [2.24, 2.45) is 0 Å². The first-order valence-corrected chi connectivity index (χ1v) is 11.1. The number of anilines is 2. The third-order valence-corrected chi connectivity index (χ3v) is 6.03. The SMILES string of the molecule is COc1cccc(NS(=O)(=O)c2ccc(OCC(=O)N(C)c3cccc(OC)c3)cc2)c1. The van der Waals surface area contributed by atoms with Crippen LogP contribution in [0.15, 0.2) is 77.7 Å². The maximum Gasteiger partial charge on any atom is 0.264 e. The predicted molar refractivity (Wildman–Crippen MR) is 122 cm³/mol. The van der Waals surface area contributed by atoms with Gasteiger partial charge >= 0.3 is 0 Å². The lowest BCUT2D eigenvalue weighted by Crippen LogP contribution is -2.31. The maximum absolute atomic E-state index is 12.6. The number of methoxy groups -OCH3 is 2. The topological polar surface area (TPSA) is 94.2 Å². The summed E-state index contributed by atoms with van der Waals surface area (Å²) in [5, 5.41) is 0. The Morgan fingerprint density at radius 2 is 1.50 bits per heavy atom. The van der Waals surface area contributed by atoms with Crippen LogP contribution in [0.5, 0.6) is 17.2 Å². The average Bonchev–Trinajstić information content (AvgIpc) is 2.82. The lowest BCUT2D eigenvalue weighted by Gasteiger charge is -2.18. The zero-order chi connectivity index (χ0) is 23.1. The molecule has 1 amide bonds. The van der Waals surface area contributed by atoms with Gasteiger partial charge in [0.2, 0.25) is 0 Å². The molecule has 0 saturated heterocycles. The molecule has 0 bridgehead atoms. The molecule has 32 heavy (non-hydrogen) atoms. The molecule has 9 heteroatoms. The molecule has 1 N–H and O–H groups in total. The van der Waals surface area contributed by atoms with Crippen LogP contribution in [0.4, 0.5) is 11.4 Å². The number of ether oxygens (including phenoxy) is 3. The fourth-order valence-electron chi connectivity index (χ4n) is 2.82. The number of nitrogens with zero attached hydrogens (tertiary/aromatic N) is 1. The highest BCUT2D eigenvalue weighted by Crippen LogP contribution is 2.23. The Bertz CT molecular complexity index is 1180. The second-order valence-electron chi connectivity index (χ2n) is 6.75. The van der Waals surface area contributed by atoms with Crippen LogP contribution in [-0.4, -0.2) is 42.2 Å². The molecular weight excluding hydrogens is 432 g/mol. The monoisotopic (exact) mass is 456 g/mol. The first-order valence-electron chi connectivity index (χ1n) is 9.63. The first-order chi connectivity index (χ1) is 15.3. The lowest BCUT2D eigenvalue weighted by atomic mass is 10.3. The van der Waals surface area contributed by atoms with E-state index in [0.29, 0.717) is 28.6 Å². The van der Waals surface area contributed by atoms with Crippen molar-refractivity contribution in [3.05, 3.63) is 72.8 Å². The summed E-state index contributed by atoms with van der Waals surface area (Å²) in [5.74, 6) is 1.28. The third kappa shape index (κ3) is 5.70. The van der Waals surface area contributed by atoms with Crippen LogP contribution in [0.1, 0.15) is 0 Å². The fraction of sp³-hybridized carbons (Fsp3) is 0.174. The number of rotatable bonds is 9. The number of amides is 1. The van der Waals surface area contributed by atoms with Crippen molar-refractivity contribution in [3.8, 4) is 17.2 Å². The summed E-state index contributed by atoms with van der Waals surface area (Å²) < 4.78 is 43.5. The van der Waals surface area contributed by atoms with Crippen molar-refractivity contribution in [1.82, 2.24) is 0 Å². The van der Waals surface area contributed by atoms with Crippen LogP contribution in [0, 0.1) is 0 Å².